The van der Waals surface area contributed by atoms with E-state index in [0.717, 1.165) is 24.5 Å². The second kappa shape index (κ2) is 6.31. The standard InChI is InChI=1S/C18H17N3O/c19-13-14-6-5-7-15(12-14)18(22)20-16-8-1-2-9-17(16)21-10-3-4-11-21/h1-2,5-9,12H,3-4,10-11H2,(H,20,22). The molecule has 1 fully saturated rings. The van der Waals surface area contributed by atoms with Crippen molar-refractivity contribution < 1.29 is 4.79 Å². The predicted molar refractivity (Wildman–Crippen MR) is 87.0 cm³/mol. The minimum absolute atomic E-state index is 0.191. The SMILES string of the molecule is N#Cc1cccc(C(=O)Nc2ccccc2N2CCCC2)c1. The molecule has 3 rings (SSSR count). The summed E-state index contributed by atoms with van der Waals surface area (Å²) in [5.41, 5.74) is 2.86. The van der Waals surface area contributed by atoms with E-state index in [9.17, 15) is 4.79 Å². The van der Waals surface area contributed by atoms with Crippen molar-refractivity contribution in [1.82, 2.24) is 0 Å². The number of amides is 1. The van der Waals surface area contributed by atoms with Crippen LogP contribution >= 0.6 is 0 Å². The minimum atomic E-state index is -0.191. The molecule has 22 heavy (non-hydrogen) atoms. The second-order valence-electron chi connectivity index (χ2n) is 5.36. The Morgan fingerprint density at radius 1 is 1.09 bits per heavy atom. The number of rotatable bonds is 3. The minimum Gasteiger partial charge on any atom is -0.370 e. The molecule has 0 bridgehead atoms. The smallest absolute Gasteiger partial charge is 0.255 e. The molecule has 0 aliphatic carbocycles. The lowest BCUT2D eigenvalue weighted by atomic mass is 10.1. The molecule has 0 aromatic heterocycles. The van der Waals surface area contributed by atoms with Crippen LogP contribution in [0.2, 0.25) is 0 Å². The van der Waals surface area contributed by atoms with Gasteiger partial charge in [0.1, 0.15) is 0 Å². The fraction of sp³-hybridized carbons (Fsp3) is 0.222. The van der Waals surface area contributed by atoms with Gasteiger partial charge >= 0.3 is 0 Å². The van der Waals surface area contributed by atoms with Crippen molar-refractivity contribution in [1.29, 1.82) is 5.26 Å². The summed E-state index contributed by atoms with van der Waals surface area (Å²) in [4.78, 5) is 14.7. The molecule has 0 spiro atoms. The Morgan fingerprint density at radius 2 is 1.86 bits per heavy atom. The molecule has 4 nitrogen and oxygen atoms in total. The molecule has 0 radical (unpaired) electrons. The lowest BCUT2D eigenvalue weighted by Crippen LogP contribution is -2.21. The van der Waals surface area contributed by atoms with Crippen LogP contribution in [0, 0.1) is 11.3 Å². The molecule has 110 valence electrons. The van der Waals surface area contributed by atoms with Crippen LogP contribution in [0.1, 0.15) is 28.8 Å². The van der Waals surface area contributed by atoms with Crippen molar-refractivity contribution in [3.05, 3.63) is 59.7 Å². The van der Waals surface area contributed by atoms with E-state index in [2.05, 4.69) is 16.3 Å². The van der Waals surface area contributed by atoms with Crippen LogP contribution in [0.15, 0.2) is 48.5 Å². The van der Waals surface area contributed by atoms with Crippen molar-refractivity contribution in [3.8, 4) is 6.07 Å². The Kier molecular flexibility index (Phi) is 4.06. The number of anilines is 2. The summed E-state index contributed by atoms with van der Waals surface area (Å²) in [6.45, 7) is 2.05. The molecule has 2 aromatic carbocycles. The molecule has 1 aliphatic rings. The van der Waals surface area contributed by atoms with E-state index >= 15 is 0 Å². The average Bonchev–Trinajstić information content (AvgIpc) is 3.09. The van der Waals surface area contributed by atoms with Gasteiger partial charge in [0.2, 0.25) is 0 Å². The number of nitrogens with one attached hydrogen (secondary N) is 1. The van der Waals surface area contributed by atoms with Gasteiger partial charge in [-0.25, -0.2) is 0 Å². The molecular weight excluding hydrogens is 274 g/mol. The van der Waals surface area contributed by atoms with Crippen LogP contribution in [0.5, 0.6) is 0 Å². The van der Waals surface area contributed by atoms with Gasteiger partial charge in [-0.3, -0.25) is 4.79 Å². The molecule has 1 amide bonds. The van der Waals surface area contributed by atoms with Crippen molar-refractivity contribution in [2.75, 3.05) is 23.3 Å². The Hall–Kier alpha value is -2.80. The predicted octanol–water partition coefficient (Wildman–Crippen LogP) is 3.41. The molecule has 1 aliphatic heterocycles. The van der Waals surface area contributed by atoms with Crippen molar-refractivity contribution in [2.24, 2.45) is 0 Å². The second-order valence-corrected chi connectivity index (χ2v) is 5.36. The van der Waals surface area contributed by atoms with E-state index < -0.39 is 0 Å². The lowest BCUT2D eigenvalue weighted by molar-refractivity contribution is 0.102. The summed E-state index contributed by atoms with van der Waals surface area (Å²) in [6, 6.07) is 16.6. The summed E-state index contributed by atoms with van der Waals surface area (Å²) in [5, 5.41) is 11.9. The first-order chi connectivity index (χ1) is 10.8. The van der Waals surface area contributed by atoms with E-state index in [1.807, 2.05) is 24.3 Å². The molecule has 0 saturated carbocycles. The highest BCUT2D eigenvalue weighted by Crippen LogP contribution is 2.29. The Balaban J connectivity index is 1.83. The number of carbonyl (C=O) groups excluding carboxylic acids is 1. The Morgan fingerprint density at radius 3 is 2.64 bits per heavy atom. The first-order valence-corrected chi connectivity index (χ1v) is 7.43. The average molecular weight is 291 g/mol. The number of hydrogen-bond acceptors (Lipinski definition) is 3. The number of benzene rings is 2. The number of hydrogen-bond donors (Lipinski definition) is 1. The Bertz CT molecular complexity index is 727. The van der Waals surface area contributed by atoms with Crippen LogP contribution < -0.4 is 10.2 Å². The highest BCUT2D eigenvalue weighted by atomic mass is 16.1. The maximum absolute atomic E-state index is 12.4. The third-order valence-corrected chi connectivity index (χ3v) is 3.85. The third-order valence-electron chi connectivity index (χ3n) is 3.85. The number of nitriles is 1. The first-order valence-electron chi connectivity index (χ1n) is 7.43. The van der Waals surface area contributed by atoms with Gasteiger partial charge < -0.3 is 10.2 Å². The van der Waals surface area contributed by atoms with Gasteiger partial charge in [-0.05, 0) is 43.2 Å². The highest BCUT2D eigenvalue weighted by molar-refractivity contribution is 6.06. The quantitative estimate of drug-likeness (QED) is 0.942. The first kappa shape index (κ1) is 14.2. The van der Waals surface area contributed by atoms with E-state index in [0.29, 0.717) is 11.1 Å². The number of carbonyl (C=O) groups is 1. The molecule has 1 N–H and O–H groups in total. The summed E-state index contributed by atoms with van der Waals surface area (Å²) >= 11 is 0. The summed E-state index contributed by atoms with van der Waals surface area (Å²) in [7, 11) is 0. The zero-order chi connectivity index (χ0) is 15.4. The van der Waals surface area contributed by atoms with Gasteiger partial charge in [0.25, 0.3) is 5.91 Å². The summed E-state index contributed by atoms with van der Waals surface area (Å²) in [6.07, 6.45) is 2.37. The summed E-state index contributed by atoms with van der Waals surface area (Å²) in [5.74, 6) is -0.191. The van der Waals surface area contributed by atoms with E-state index in [-0.39, 0.29) is 5.91 Å². The van der Waals surface area contributed by atoms with Gasteiger partial charge in [0, 0.05) is 18.7 Å². The number of nitrogens with zero attached hydrogens (tertiary/aromatic N) is 2. The fourth-order valence-electron chi connectivity index (χ4n) is 2.74. The molecule has 0 unspecified atom stereocenters. The van der Waals surface area contributed by atoms with Gasteiger partial charge in [-0.1, -0.05) is 18.2 Å². The van der Waals surface area contributed by atoms with Gasteiger partial charge in [0.15, 0.2) is 0 Å². The number of para-hydroxylation sites is 2. The largest absolute Gasteiger partial charge is 0.370 e. The molecule has 1 saturated heterocycles. The van der Waals surface area contributed by atoms with E-state index in [1.165, 1.54) is 12.8 Å². The Labute approximate surface area is 130 Å². The summed E-state index contributed by atoms with van der Waals surface area (Å²) < 4.78 is 0. The molecular formula is C18H17N3O. The van der Waals surface area contributed by atoms with Crippen molar-refractivity contribution in [3.63, 3.8) is 0 Å². The van der Waals surface area contributed by atoms with Crippen molar-refractivity contribution >= 4 is 17.3 Å². The third kappa shape index (κ3) is 2.94. The van der Waals surface area contributed by atoms with Crippen LogP contribution in [-0.2, 0) is 0 Å². The van der Waals surface area contributed by atoms with E-state index in [4.69, 9.17) is 5.26 Å². The molecule has 0 atom stereocenters. The van der Waals surface area contributed by atoms with Crippen LogP contribution in [0.25, 0.3) is 0 Å². The molecule has 4 heteroatoms. The van der Waals surface area contributed by atoms with Gasteiger partial charge in [0.05, 0.1) is 23.0 Å². The maximum atomic E-state index is 12.4. The van der Waals surface area contributed by atoms with E-state index in [1.54, 1.807) is 24.3 Å². The molecule has 1 heterocycles. The zero-order valence-corrected chi connectivity index (χ0v) is 12.2. The fourth-order valence-corrected chi connectivity index (χ4v) is 2.74. The normalized spacial score (nSPS) is 13.7. The maximum Gasteiger partial charge on any atom is 0.255 e. The highest BCUT2D eigenvalue weighted by Gasteiger charge is 2.17. The van der Waals surface area contributed by atoms with Gasteiger partial charge in [-0.2, -0.15) is 5.26 Å². The monoisotopic (exact) mass is 291 g/mol. The van der Waals surface area contributed by atoms with Gasteiger partial charge in [-0.15, -0.1) is 0 Å². The lowest BCUT2D eigenvalue weighted by Gasteiger charge is -2.21. The molecule has 2 aromatic rings. The van der Waals surface area contributed by atoms with Crippen molar-refractivity contribution in [2.45, 2.75) is 12.8 Å². The zero-order valence-electron chi connectivity index (χ0n) is 12.2. The van der Waals surface area contributed by atoms with Crippen LogP contribution in [0.3, 0.4) is 0 Å². The van der Waals surface area contributed by atoms with Crippen LogP contribution in [-0.4, -0.2) is 19.0 Å². The topological polar surface area (TPSA) is 56.1 Å². The van der Waals surface area contributed by atoms with Crippen LogP contribution in [0.4, 0.5) is 11.4 Å².